The lowest BCUT2D eigenvalue weighted by Crippen LogP contribution is -2.47. The van der Waals surface area contributed by atoms with E-state index in [1.807, 2.05) is 41.1 Å². The fourth-order valence-corrected chi connectivity index (χ4v) is 8.58. The predicted molar refractivity (Wildman–Crippen MR) is 200 cm³/mol. The minimum absolute atomic E-state index is 0.187. The van der Waals surface area contributed by atoms with Gasteiger partial charge in [-0.05, 0) is 60.5 Å². The summed E-state index contributed by atoms with van der Waals surface area (Å²) in [7, 11) is 2.22. The molecule has 1 heterocycles. The van der Waals surface area contributed by atoms with Gasteiger partial charge < -0.3 is 24.4 Å². The zero-order chi connectivity index (χ0) is 40.2. The first-order chi connectivity index (χ1) is 25.1. The van der Waals surface area contributed by atoms with Gasteiger partial charge in [0.25, 0.3) is 0 Å². The fourth-order valence-electron chi connectivity index (χ4n) is 5.82. The molecule has 0 aliphatic heterocycles. The maximum Gasteiger partial charge on any atom is 0.322 e. The first-order valence-corrected chi connectivity index (χ1v) is 19.5. The van der Waals surface area contributed by atoms with Gasteiger partial charge in [0.15, 0.2) is 5.16 Å². The molecule has 1 atom stereocenters. The van der Waals surface area contributed by atoms with E-state index in [2.05, 4.69) is 4.98 Å². The molecule has 0 bridgehead atoms. The number of hydrogen-bond donors (Lipinski definition) is 3. The van der Waals surface area contributed by atoms with Crippen LogP contribution in [0.2, 0.25) is 5.02 Å². The van der Waals surface area contributed by atoms with Crippen LogP contribution in [0.15, 0.2) is 64.6 Å². The van der Waals surface area contributed by atoms with E-state index < -0.39 is 74.2 Å². The summed E-state index contributed by atoms with van der Waals surface area (Å²) < 4.78 is 79.5. The van der Waals surface area contributed by atoms with Gasteiger partial charge >= 0.3 is 11.9 Å². The number of carboxylic acids is 2. The van der Waals surface area contributed by atoms with Crippen LogP contribution in [-0.4, -0.2) is 96.7 Å². The monoisotopic (exact) mass is 811 g/mol. The number of nitrogens with zero attached hydrogens (tertiary/aromatic N) is 3. The van der Waals surface area contributed by atoms with Gasteiger partial charge in [0, 0.05) is 41.7 Å². The zero-order valence-electron chi connectivity index (χ0n) is 30.6. The number of methoxy groups -OCH3 is 1. The number of ether oxygens (including phenoxy) is 1. The van der Waals surface area contributed by atoms with E-state index in [4.69, 9.17) is 21.3 Å². The smallest absolute Gasteiger partial charge is 0.322 e. The Kier molecular flexibility index (Phi) is 13.5. The van der Waals surface area contributed by atoms with Gasteiger partial charge in [-0.1, -0.05) is 43.3 Å². The van der Waals surface area contributed by atoms with Crippen molar-refractivity contribution >= 4 is 45.3 Å². The van der Waals surface area contributed by atoms with Crippen LogP contribution in [-0.2, 0) is 30.8 Å². The molecule has 3 aromatic carbocycles. The number of carboxylic acid groups (broad SMARTS) is 2. The summed E-state index contributed by atoms with van der Waals surface area (Å²) in [5.74, 6) is -5.63. The maximum absolute atomic E-state index is 15.7. The summed E-state index contributed by atoms with van der Waals surface area (Å²) in [5.41, 5.74) is 1.20. The number of quaternary nitrogens is 1. The molecular weight excluding hydrogens is 769 g/mol. The average molecular weight is 812 g/mol. The number of aliphatic carboxylic acids is 2. The van der Waals surface area contributed by atoms with Crippen LogP contribution in [0.3, 0.4) is 0 Å². The number of benzene rings is 3. The third-order valence-corrected chi connectivity index (χ3v) is 11.9. The van der Waals surface area contributed by atoms with Gasteiger partial charge in [0.1, 0.15) is 29.2 Å². The number of sulfonamides is 1. The third-order valence-electron chi connectivity index (χ3n) is 8.84. The summed E-state index contributed by atoms with van der Waals surface area (Å²) in [6.45, 7) is 3.95. The van der Waals surface area contributed by atoms with Gasteiger partial charge in [0.05, 0.1) is 56.1 Å². The van der Waals surface area contributed by atoms with Crippen LogP contribution >= 0.6 is 23.4 Å². The molecule has 0 radical (unpaired) electrons. The normalized spacial score (nSPS) is 12.9. The van der Waals surface area contributed by atoms with Crippen LogP contribution in [0.4, 0.5) is 13.2 Å². The zero-order valence-corrected chi connectivity index (χ0v) is 33.0. The topological polar surface area (TPSA) is 150 Å². The van der Waals surface area contributed by atoms with E-state index in [0.717, 1.165) is 17.3 Å². The first kappa shape index (κ1) is 42.6. The molecule has 11 nitrogen and oxygen atoms in total. The standard InChI is InChI=1S/C37H42ClF3N4O7S2/c1-37(2,23-10-13-27(38)31(18-23)52-6)34-33(22-8-11-24(39)12-9-22)42-36(43-34)53-21-26-28(40)19-25(20-29(26)41)54(50,51)44(16-7-17-45(3,4)5)30(35(48)49)14-15-32(46)47/h8-13,18-20,30H,7,14-17,21H2,1-6H3,(H2-,42,43,46,47,48,49)/p+1/t30-/m0/s1. The molecular formula is C37H43ClF3N4O7S2+. The van der Waals surface area contributed by atoms with Crippen molar-refractivity contribution in [2.24, 2.45) is 0 Å². The number of rotatable bonds is 18. The Labute approximate surface area is 321 Å². The van der Waals surface area contributed by atoms with E-state index >= 15 is 8.78 Å². The lowest BCUT2D eigenvalue weighted by molar-refractivity contribution is -0.870. The molecule has 0 aliphatic carbocycles. The molecule has 0 aliphatic rings. The van der Waals surface area contributed by atoms with E-state index in [0.29, 0.717) is 55.2 Å². The van der Waals surface area contributed by atoms with Crippen molar-refractivity contribution in [1.82, 2.24) is 14.3 Å². The van der Waals surface area contributed by atoms with Crippen molar-refractivity contribution in [3.63, 3.8) is 0 Å². The molecule has 0 saturated carbocycles. The lowest BCUT2D eigenvalue weighted by atomic mass is 9.79. The fraction of sp³-hybridized carbons (Fsp3) is 0.378. The minimum atomic E-state index is -4.82. The molecule has 0 amide bonds. The second-order valence-electron chi connectivity index (χ2n) is 14.2. The van der Waals surface area contributed by atoms with Gasteiger partial charge in [0.2, 0.25) is 10.0 Å². The predicted octanol–water partition coefficient (Wildman–Crippen LogP) is 7.18. The van der Waals surface area contributed by atoms with Crippen molar-refractivity contribution in [1.29, 1.82) is 0 Å². The molecule has 0 fully saturated rings. The summed E-state index contributed by atoms with van der Waals surface area (Å²) in [5, 5.41) is 19.8. The average Bonchev–Trinajstić information content (AvgIpc) is 3.52. The van der Waals surface area contributed by atoms with Crippen LogP contribution in [0.5, 0.6) is 5.75 Å². The highest BCUT2D eigenvalue weighted by molar-refractivity contribution is 7.98. The Morgan fingerprint density at radius 1 is 1.04 bits per heavy atom. The van der Waals surface area contributed by atoms with E-state index in [1.54, 1.807) is 24.3 Å². The molecule has 4 aromatic rings. The van der Waals surface area contributed by atoms with Crippen LogP contribution in [0.25, 0.3) is 11.3 Å². The Morgan fingerprint density at radius 3 is 2.22 bits per heavy atom. The molecule has 54 heavy (non-hydrogen) atoms. The largest absolute Gasteiger partial charge is 0.495 e. The summed E-state index contributed by atoms with van der Waals surface area (Å²) in [4.78, 5) is 30.6. The molecule has 3 N–H and O–H groups in total. The number of hydrogen-bond acceptors (Lipinski definition) is 7. The molecule has 1 aromatic heterocycles. The quantitative estimate of drug-likeness (QED) is 0.0702. The molecule has 4 rings (SSSR count). The van der Waals surface area contributed by atoms with Crippen molar-refractivity contribution in [3.8, 4) is 17.0 Å². The highest BCUT2D eigenvalue weighted by Gasteiger charge is 2.37. The van der Waals surface area contributed by atoms with Crippen molar-refractivity contribution in [2.75, 3.05) is 41.3 Å². The number of halogens is 4. The van der Waals surface area contributed by atoms with Gasteiger partial charge in [-0.3, -0.25) is 9.59 Å². The SMILES string of the molecule is COc1cc(C(C)(C)c2[nH]c(SCc3c(F)cc(S(=O)(=O)N(CCC[N+](C)(C)C)[C@@H](CCC(=O)O)C(=O)O)cc3F)nc2-c2ccc(F)cc2)ccc1Cl. The van der Waals surface area contributed by atoms with Gasteiger partial charge in [-0.2, -0.15) is 4.31 Å². The van der Waals surface area contributed by atoms with Crippen LogP contribution < -0.4 is 4.74 Å². The molecule has 17 heteroatoms. The van der Waals surface area contributed by atoms with Crippen molar-refractivity contribution in [3.05, 3.63) is 93.9 Å². The Balaban J connectivity index is 1.69. The minimum Gasteiger partial charge on any atom is -0.495 e. The molecule has 0 saturated heterocycles. The molecule has 0 unspecified atom stereocenters. The number of aromatic amines is 1. The number of H-pyrrole nitrogens is 1. The van der Waals surface area contributed by atoms with E-state index in [1.165, 1.54) is 19.2 Å². The summed E-state index contributed by atoms with van der Waals surface area (Å²) in [6.07, 6.45) is -1.01. The highest BCUT2D eigenvalue weighted by Crippen LogP contribution is 2.41. The van der Waals surface area contributed by atoms with E-state index in [9.17, 15) is 32.6 Å². The van der Waals surface area contributed by atoms with Gasteiger partial charge in [-0.25, -0.2) is 26.6 Å². The Bertz CT molecular complexity index is 2080. The molecule has 292 valence electrons. The summed E-state index contributed by atoms with van der Waals surface area (Å²) in [6, 6.07) is 10.5. The Hall–Kier alpha value is -4.09. The lowest BCUT2D eigenvalue weighted by Gasteiger charge is -2.30. The van der Waals surface area contributed by atoms with Crippen molar-refractivity contribution < 1.29 is 50.6 Å². The number of imidazole rings is 1. The number of carbonyl (C=O) groups is 2. The second kappa shape index (κ2) is 17.1. The summed E-state index contributed by atoms with van der Waals surface area (Å²) >= 11 is 7.22. The van der Waals surface area contributed by atoms with Crippen molar-refractivity contribution in [2.45, 2.75) is 60.4 Å². The third kappa shape index (κ3) is 10.2. The van der Waals surface area contributed by atoms with Gasteiger partial charge in [-0.15, -0.1) is 0 Å². The number of aromatic nitrogens is 2. The highest BCUT2D eigenvalue weighted by atomic mass is 35.5. The second-order valence-corrected chi connectivity index (χ2v) is 17.4. The van der Waals surface area contributed by atoms with Crippen LogP contribution in [0.1, 0.15) is 49.9 Å². The first-order valence-electron chi connectivity index (χ1n) is 16.7. The van der Waals surface area contributed by atoms with E-state index in [-0.39, 0.29) is 23.9 Å². The van der Waals surface area contributed by atoms with Crippen LogP contribution in [0, 0.1) is 17.5 Å². The number of thioether (sulfide) groups is 1. The maximum atomic E-state index is 15.7. The number of nitrogens with one attached hydrogen (secondary N) is 1. The molecule has 0 spiro atoms. The Morgan fingerprint density at radius 2 is 1.67 bits per heavy atom.